The summed E-state index contributed by atoms with van der Waals surface area (Å²) < 4.78 is 5.70. The fourth-order valence-electron chi connectivity index (χ4n) is 4.03. The standard InChI is InChI=1S/C18H27NO3/c1-6-19-17(2,3)11-13(12-18(19,4)5)22-16(21)14-9-7-8-10-15(14)20/h7-10,13,20H,6,11-12H2,1-5H3. The maximum absolute atomic E-state index is 12.3. The molecule has 0 aromatic heterocycles. The molecule has 0 amide bonds. The van der Waals surface area contributed by atoms with Gasteiger partial charge in [-0.2, -0.15) is 0 Å². The van der Waals surface area contributed by atoms with Crippen LogP contribution in [0.15, 0.2) is 24.3 Å². The van der Waals surface area contributed by atoms with E-state index in [0.29, 0.717) is 0 Å². The molecule has 0 spiro atoms. The van der Waals surface area contributed by atoms with Crippen LogP contribution in [-0.2, 0) is 4.74 Å². The SMILES string of the molecule is CCN1C(C)(C)CC(OC(=O)c2ccccc2O)CC1(C)C. The number of phenols is 1. The number of nitrogens with zero attached hydrogens (tertiary/aromatic N) is 1. The molecular formula is C18H27NO3. The summed E-state index contributed by atoms with van der Waals surface area (Å²) in [4.78, 5) is 14.8. The molecule has 0 atom stereocenters. The third kappa shape index (κ3) is 3.27. The lowest BCUT2D eigenvalue weighted by atomic mass is 9.78. The number of carbonyl (C=O) groups excluding carboxylic acids is 1. The number of phenolic OH excluding ortho intramolecular Hbond substituents is 1. The van der Waals surface area contributed by atoms with E-state index in [1.165, 1.54) is 6.07 Å². The van der Waals surface area contributed by atoms with Gasteiger partial charge in [0, 0.05) is 23.9 Å². The van der Waals surface area contributed by atoms with Crippen molar-refractivity contribution in [3.8, 4) is 5.75 Å². The van der Waals surface area contributed by atoms with E-state index in [2.05, 4.69) is 39.5 Å². The molecule has 1 aromatic rings. The molecule has 0 bridgehead atoms. The summed E-state index contributed by atoms with van der Waals surface area (Å²) in [5.74, 6) is -0.475. The molecule has 0 aliphatic carbocycles. The summed E-state index contributed by atoms with van der Waals surface area (Å²) in [5, 5.41) is 9.79. The van der Waals surface area contributed by atoms with Crippen LogP contribution in [-0.4, -0.2) is 39.7 Å². The summed E-state index contributed by atoms with van der Waals surface area (Å²) in [6.07, 6.45) is 1.45. The third-order valence-corrected chi connectivity index (χ3v) is 4.63. The molecule has 4 nitrogen and oxygen atoms in total. The number of likely N-dealkylation sites (tertiary alicyclic amines) is 1. The minimum Gasteiger partial charge on any atom is -0.507 e. The number of rotatable bonds is 3. The largest absolute Gasteiger partial charge is 0.507 e. The van der Waals surface area contributed by atoms with Crippen LogP contribution in [0.5, 0.6) is 5.75 Å². The second kappa shape index (κ2) is 5.92. The first-order chi connectivity index (χ1) is 10.2. The van der Waals surface area contributed by atoms with Crippen molar-refractivity contribution in [2.24, 2.45) is 0 Å². The lowest BCUT2D eigenvalue weighted by molar-refractivity contribution is -0.0843. The number of esters is 1. The van der Waals surface area contributed by atoms with Gasteiger partial charge < -0.3 is 9.84 Å². The molecule has 1 heterocycles. The Morgan fingerprint density at radius 3 is 2.27 bits per heavy atom. The Bertz CT molecular complexity index is 533. The first-order valence-corrected chi connectivity index (χ1v) is 7.94. The van der Waals surface area contributed by atoms with Crippen LogP contribution in [0.4, 0.5) is 0 Å². The number of benzene rings is 1. The van der Waals surface area contributed by atoms with Crippen LogP contribution in [0.2, 0.25) is 0 Å². The van der Waals surface area contributed by atoms with E-state index in [-0.39, 0.29) is 28.5 Å². The monoisotopic (exact) mass is 305 g/mol. The van der Waals surface area contributed by atoms with Gasteiger partial charge >= 0.3 is 5.97 Å². The van der Waals surface area contributed by atoms with Crippen molar-refractivity contribution in [3.05, 3.63) is 29.8 Å². The van der Waals surface area contributed by atoms with Gasteiger partial charge in [0.1, 0.15) is 17.4 Å². The van der Waals surface area contributed by atoms with Crippen molar-refractivity contribution in [2.75, 3.05) is 6.54 Å². The highest BCUT2D eigenvalue weighted by Gasteiger charge is 2.45. The van der Waals surface area contributed by atoms with E-state index in [1.807, 2.05) is 0 Å². The van der Waals surface area contributed by atoms with Crippen LogP contribution in [0.1, 0.15) is 57.8 Å². The second-order valence-corrected chi connectivity index (χ2v) is 7.32. The lowest BCUT2D eigenvalue weighted by Gasteiger charge is -2.54. The van der Waals surface area contributed by atoms with Crippen LogP contribution in [0.3, 0.4) is 0 Å². The first-order valence-electron chi connectivity index (χ1n) is 7.94. The van der Waals surface area contributed by atoms with Gasteiger partial charge in [0.25, 0.3) is 0 Å². The van der Waals surface area contributed by atoms with E-state index < -0.39 is 5.97 Å². The first kappa shape index (κ1) is 16.8. The molecule has 1 fully saturated rings. The van der Waals surface area contributed by atoms with E-state index in [4.69, 9.17) is 4.74 Å². The zero-order valence-electron chi connectivity index (χ0n) is 14.2. The van der Waals surface area contributed by atoms with Gasteiger partial charge in [0.05, 0.1) is 0 Å². The minimum atomic E-state index is -0.445. The number of hydrogen-bond acceptors (Lipinski definition) is 4. The predicted octanol–water partition coefficient (Wildman–Crippen LogP) is 3.59. The number of carbonyl (C=O) groups is 1. The third-order valence-electron chi connectivity index (χ3n) is 4.63. The van der Waals surface area contributed by atoms with E-state index in [1.54, 1.807) is 18.2 Å². The van der Waals surface area contributed by atoms with Crippen LogP contribution in [0.25, 0.3) is 0 Å². The average molecular weight is 305 g/mol. The van der Waals surface area contributed by atoms with E-state index in [0.717, 1.165) is 19.4 Å². The predicted molar refractivity (Wildman–Crippen MR) is 87.1 cm³/mol. The number of ether oxygens (including phenoxy) is 1. The summed E-state index contributed by atoms with van der Waals surface area (Å²) in [5.41, 5.74) is 0.177. The quantitative estimate of drug-likeness (QED) is 0.867. The fraction of sp³-hybridized carbons (Fsp3) is 0.611. The van der Waals surface area contributed by atoms with Crippen molar-refractivity contribution in [3.63, 3.8) is 0 Å². The molecule has 1 saturated heterocycles. The molecule has 4 heteroatoms. The van der Waals surface area contributed by atoms with Gasteiger partial charge in [-0.3, -0.25) is 4.90 Å². The Labute approximate surface area is 133 Å². The van der Waals surface area contributed by atoms with Crippen molar-refractivity contribution in [1.82, 2.24) is 4.90 Å². The van der Waals surface area contributed by atoms with Crippen molar-refractivity contribution in [2.45, 2.75) is 64.6 Å². The topological polar surface area (TPSA) is 49.8 Å². The van der Waals surface area contributed by atoms with Gasteiger partial charge in [0.2, 0.25) is 0 Å². The summed E-state index contributed by atoms with van der Waals surface area (Å²) in [6.45, 7) is 11.9. The molecule has 22 heavy (non-hydrogen) atoms. The molecule has 1 N–H and O–H groups in total. The summed E-state index contributed by atoms with van der Waals surface area (Å²) >= 11 is 0. The number of hydrogen-bond donors (Lipinski definition) is 1. The molecule has 0 radical (unpaired) electrons. The number of para-hydroxylation sites is 1. The van der Waals surface area contributed by atoms with Crippen molar-refractivity contribution < 1.29 is 14.6 Å². The van der Waals surface area contributed by atoms with Gasteiger partial charge in [-0.15, -0.1) is 0 Å². The van der Waals surface area contributed by atoms with Gasteiger partial charge in [-0.05, 0) is 46.4 Å². The van der Waals surface area contributed by atoms with Gasteiger partial charge in [-0.25, -0.2) is 4.79 Å². The van der Waals surface area contributed by atoms with Gasteiger partial charge in [-0.1, -0.05) is 19.1 Å². The normalized spacial score (nSPS) is 21.5. The molecular weight excluding hydrogens is 278 g/mol. The molecule has 0 unspecified atom stereocenters. The summed E-state index contributed by atoms with van der Waals surface area (Å²) in [6, 6.07) is 6.52. The second-order valence-electron chi connectivity index (χ2n) is 7.32. The molecule has 1 aliphatic heterocycles. The fourth-order valence-corrected chi connectivity index (χ4v) is 4.03. The Morgan fingerprint density at radius 2 is 1.77 bits per heavy atom. The maximum Gasteiger partial charge on any atom is 0.342 e. The Hall–Kier alpha value is -1.55. The van der Waals surface area contributed by atoms with E-state index >= 15 is 0 Å². The highest BCUT2D eigenvalue weighted by Crippen LogP contribution is 2.39. The molecule has 1 aliphatic rings. The summed E-state index contributed by atoms with van der Waals surface area (Å²) in [7, 11) is 0. The van der Waals surface area contributed by atoms with Crippen molar-refractivity contribution in [1.29, 1.82) is 0 Å². The minimum absolute atomic E-state index is 0.0276. The highest BCUT2D eigenvalue weighted by atomic mass is 16.5. The Morgan fingerprint density at radius 1 is 1.23 bits per heavy atom. The molecule has 0 saturated carbocycles. The maximum atomic E-state index is 12.3. The zero-order valence-corrected chi connectivity index (χ0v) is 14.2. The van der Waals surface area contributed by atoms with Crippen LogP contribution >= 0.6 is 0 Å². The smallest absolute Gasteiger partial charge is 0.342 e. The van der Waals surface area contributed by atoms with E-state index in [9.17, 15) is 9.90 Å². The average Bonchev–Trinajstić information content (AvgIpc) is 2.36. The Kier molecular flexibility index (Phi) is 4.52. The molecule has 122 valence electrons. The lowest BCUT2D eigenvalue weighted by Crippen LogP contribution is -2.62. The van der Waals surface area contributed by atoms with Crippen LogP contribution < -0.4 is 0 Å². The number of piperidine rings is 1. The van der Waals surface area contributed by atoms with Crippen LogP contribution in [0, 0.1) is 0 Å². The van der Waals surface area contributed by atoms with Crippen molar-refractivity contribution >= 4 is 5.97 Å². The molecule has 1 aromatic carbocycles. The zero-order chi connectivity index (χ0) is 16.5. The number of aromatic hydroxyl groups is 1. The molecule has 2 rings (SSSR count). The highest BCUT2D eigenvalue weighted by molar-refractivity contribution is 5.92. The Balaban J connectivity index is 2.15. The van der Waals surface area contributed by atoms with Gasteiger partial charge in [0.15, 0.2) is 0 Å².